The number of pyridine rings is 1. The molecule has 0 saturated carbocycles. The Morgan fingerprint density at radius 2 is 2.37 bits per heavy atom. The third-order valence-corrected chi connectivity index (χ3v) is 3.59. The Labute approximate surface area is 118 Å². The third-order valence-electron chi connectivity index (χ3n) is 3.30. The van der Waals surface area contributed by atoms with Crippen molar-refractivity contribution in [2.24, 2.45) is 0 Å². The molecular weight excluding hydrogens is 264 g/mol. The van der Waals surface area contributed by atoms with Crippen molar-refractivity contribution in [1.29, 1.82) is 0 Å². The molecule has 6 heteroatoms. The van der Waals surface area contributed by atoms with Gasteiger partial charge in [0, 0.05) is 25.8 Å². The van der Waals surface area contributed by atoms with E-state index in [-0.39, 0.29) is 11.9 Å². The van der Waals surface area contributed by atoms with Crippen LogP contribution < -0.4 is 10.6 Å². The summed E-state index contributed by atoms with van der Waals surface area (Å²) < 4.78 is 0. The molecule has 1 saturated heterocycles. The standard InChI is InChI=1S/C13H19ClN4O/c1-15-12-11(14)6-9(7-16-12)13(19)17-10-4-3-5-18(2)8-10/h6-7,10H,3-5,8H2,1-2H3,(H,15,16)(H,17,19). The second-order valence-corrected chi connectivity index (χ2v) is 5.29. The summed E-state index contributed by atoms with van der Waals surface area (Å²) in [4.78, 5) is 18.5. The van der Waals surface area contributed by atoms with E-state index < -0.39 is 0 Å². The van der Waals surface area contributed by atoms with E-state index in [1.54, 1.807) is 19.3 Å². The molecule has 5 nitrogen and oxygen atoms in total. The van der Waals surface area contributed by atoms with Crippen LogP contribution in [0, 0.1) is 0 Å². The molecule has 1 atom stereocenters. The first-order chi connectivity index (χ1) is 9.10. The molecule has 0 aliphatic carbocycles. The largest absolute Gasteiger partial charge is 0.372 e. The average Bonchev–Trinajstić information content (AvgIpc) is 2.38. The lowest BCUT2D eigenvalue weighted by atomic mass is 10.1. The van der Waals surface area contributed by atoms with Crippen LogP contribution in [0.25, 0.3) is 0 Å². The van der Waals surface area contributed by atoms with Crippen LogP contribution in [-0.4, -0.2) is 49.0 Å². The highest BCUT2D eigenvalue weighted by Crippen LogP contribution is 2.19. The number of nitrogens with zero attached hydrogens (tertiary/aromatic N) is 2. The van der Waals surface area contributed by atoms with Gasteiger partial charge in [-0.15, -0.1) is 0 Å². The molecule has 104 valence electrons. The molecule has 2 heterocycles. The fourth-order valence-electron chi connectivity index (χ4n) is 2.30. The molecule has 19 heavy (non-hydrogen) atoms. The number of rotatable bonds is 3. The molecule has 0 bridgehead atoms. The zero-order chi connectivity index (χ0) is 13.8. The van der Waals surface area contributed by atoms with Gasteiger partial charge in [-0.1, -0.05) is 11.6 Å². The maximum absolute atomic E-state index is 12.1. The van der Waals surface area contributed by atoms with Crippen molar-refractivity contribution < 1.29 is 4.79 Å². The van der Waals surface area contributed by atoms with Crippen LogP contribution in [0.5, 0.6) is 0 Å². The molecule has 1 unspecified atom stereocenters. The number of likely N-dealkylation sites (N-methyl/N-ethyl adjacent to an activating group) is 1. The Morgan fingerprint density at radius 1 is 1.58 bits per heavy atom. The molecule has 1 aliphatic heterocycles. The van der Waals surface area contributed by atoms with Gasteiger partial charge in [-0.05, 0) is 32.5 Å². The van der Waals surface area contributed by atoms with Gasteiger partial charge >= 0.3 is 0 Å². The van der Waals surface area contributed by atoms with Gasteiger partial charge in [0.2, 0.25) is 0 Å². The summed E-state index contributed by atoms with van der Waals surface area (Å²) >= 11 is 6.03. The van der Waals surface area contributed by atoms with E-state index in [1.165, 1.54) is 0 Å². The second kappa shape index (κ2) is 6.21. The first kappa shape index (κ1) is 14.1. The number of hydrogen-bond donors (Lipinski definition) is 2. The smallest absolute Gasteiger partial charge is 0.253 e. The maximum Gasteiger partial charge on any atom is 0.253 e. The van der Waals surface area contributed by atoms with Crippen molar-refractivity contribution in [3.63, 3.8) is 0 Å². The van der Waals surface area contributed by atoms with Crippen LogP contribution in [0.3, 0.4) is 0 Å². The van der Waals surface area contributed by atoms with Gasteiger partial charge < -0.3 is 15.5 Å². The van der Waals surface area contributed by atoms with Crippen LogP contribution in [0.15, 0.2) is 12.3 Å². The molecule has 0 spiro atoms. The quantitative estimate of drug-likeness (QED) is 0.884. The zero-order valence-electron chi connectivity index (χ0n) is 11.2. The van der Waals surface area contributed by atoms with E-state index in [4.69, 9.17) is 11.6 Å². The summed E-state index contributed by atoms with van der Waals surface area (Å²) in [6.45, 7) is 1.98. The number of likely N-dealkylation sites (tertiary alicyclic amines) is 1. The lowest BCUT2D eigenvalue weighted by Crippen LogP contribution is -2.46. The molecule has 0 radical (unpaired) electrons. The summed E-state index contributed by atoms with van der Waals surface area (Å²) in [5.41, 5.74) is 0.497. The summed E-state index contributed by atoms with van der Waals surface area (Å²) in [6, 6.07) is 1.84. The van der Waals surface area contributed by atoms with Crippen molar-refractivity contribution in [3.05, 3.63) is 22.8 Å². The topological polar surface area (TPSA) is 57.3 Å². The number of amides is 1. The summed E-state index contributed by atoms with van der Waals surface area (Å²) in [7, 11) is 3.81. The summed E-state index contributed by atoms with van der Waals surface area (Å²) in [6.07, 6.45) is 3.67. The van der Waals surface area contributed by atoms with Gasteiger partial charge in [0.05, 0.1) is 10.6 Å². The molecule has 1 amide bonds. The number of aromatic nitrogens is 1. The highest BCUT2D eigenvalue weighted by atomic mass is 35.5. The van der Waals surface area contributed by atoms with Crippen molar-refractivity contribution in [2.75, 3.05) is 32.5 Å². The number of halogens is 1. The predicted octanol–water partition coefficient (Wildman–Crippen LogP) is 1.60. The van der Waals surface area contributed by atoms with E-state index in [0.29, 0.717) is 16.4 Å². The highest BCUT2D eigenvalue weighted by molar-refractivity contribution is 6.33. The van der Waals surface area contributed by atoms with E-state index in [1.807, 2.05) is 0 Å². The Morgan fingerprint density at radius 3 is 3.00 bits per heavy atom. The number of anilines is 1. The first-order valence-corrected chi connectivity index (χ1v) is 6.80. The molecule has 2 rings (SSSR count). The SMILES string of the molecule is CNc1ncc(C(=O)NC2CCCN(C)C2)cc1Cl. The van der Waals surface area contributed by atoms with Gasteiger partial charge in [-0.25, -0.2) is 4.98 Å². The van der Waals surface area contributed by atoms with Crippen LogP contribution in [0.4, 0.5) is 5.82 Å². The van der Waals surface area contributed by atoms with Gasteiger partial charge in [-0.3, -0.25) is 4.79 Å². The Hall–Kier alpha value is -1.33. The third kappa shape index (κ3) is 3.58. The van der Waals surface area contributed by atoms with Crippen molar-refractivity contribution in [2.45, 2.75) is 18.9 Å². The first-order valence-electron chi connectivity index (χ1n) is 6.43. The maximum atomic E-state index is 12.1. The molecule has 2 N–H and O–H groups in total. The van der Waals surface area contributed by atoms with Crippen LogP contribution in [0.2, 0.25) is 5.02 Å². The molecular formula is C13H19ClN4O. The number of carbonyl (C=O) groups is 1. The fourth-order valence-corrected chi connectivity index (χ4v) is 2.56. The minimum Gasteiger partial charge on any atom is -0.372 e. The Bertz CT molecular complexity index is 466. The minimum atomic E-state index is -0.114. The number of nitrogens with one attached hydrogen (secondary N) is 2. The summed E-state index contributed by atoms with van der Waals surface area (Å²) in [5.74, 6) is 0.466. The van der Waals surface area contributed by atoms with Crippen molar-refractivity contribution in [3.8, 4) is 0 Å². The Kier molecular flexibility index (Phi) is 4.61. The minimum absolute atomic E-state index is 0.114. The zero-order valence-corrected chi connectivity index (χ0v) is 12.0. The number of piperidine rings is 1. The summed E-state index contributed by atoms with van der Waals surface area (Å²) in [5, 5.41) is 6.35. The second-order valence-electron chi connectivity index (χ2n) is 4.88. The molecule has 1 aromatic heterocycles. The van der Waals surface area contributed by atoms with Gasteiger partial charge in [0.1, 0.15) is 5.82 Å². The molecule has 1 aromatic rings. The van der Waals surface area contributed by atoms with Crippen LogP contribution >= 0.6 is 11.6 Å². The van der Waals surface area contributed by atoms with Gasteiger partial charge in [0.15, 0.2) is 0 Å². The van der Waals surface area contributed by atoms with Crippen molar-refractivity contribution >= 4 is 23.3 Å². The van der Waals surface area contributed by atoms with Gasteiger partial charge in [-0.2, -0.15) is 0 Å². The van der Waals surface area contributed by atoms with E-state index in [0.717, 1.165) is 25.9 Å². The molecule has 0 aromatic carbocycles. The van der Waals surface area contributed by atoms with Crippen LogP contribution in [0.1, 0.15) is 23.2 Å². The van der Waals surface area contributed by atoms with E-state index >= 15 is 0 Å². The average molecular weight is 283 g/mol. The van der Waals surface area contributed by atoms with E-state index in [2.05, 4.69) is 27.6 Å². The predicted molar refractivity (Wildman–Crippen MR) is 76.8 cm³/mol. The van der Waals surface area contributed by atoms with E-state index in [9.17, 15) is 4.79 Å². The van der Waals surface area contributed by atoms with Gasteiger partial charge in [0.25, 0.3) is 5.91 Å². The lowest BCUT2D eigenvalue weighted by Gasteiger charge is -2.30. The monoisotopic (exact) mass is 282 g/mol. The molecule has 1 fully saturated rings. The highest BCUT2D eigenvalue weighted by Gasteiger charge is 2.20. The number of hydrogen-bond acceptors (Lipinski definition) is 4. The lowest BCUT2D eigenvalue weighted by molar-refractivity contribution is 0.0912. The fraction of sp³-hybridized carbons (Fsp3) is 0.538. The molecule has 1 aliphatic rings. The van der Waals surface area contributed by atoms with Crippen molar-refractivity contribution in [1.82, 2.24) is 15.2 Å². The normalized spacial score (nSPS) is 20.1. The van der Waals surface area contributed by atoms with Crippen LogP contribution in [-0.2, 0) is 0 Å². The Balaban J connectivity index is 2.01. The number of carbonyl (C=O) groups excluding carboxylic acids is 1.